The van der Waals surface area contributed by atoms with Gasteiger partial charge in [-0.2, -0.15) is 0 Å². The number of nitrogens with zero attached hydrogens (tertiary/aromatic N) is 1. The Morgan fingerprint density at radius 2 is 1.24 bits per heavy atom. The molecule has 0 aliphatic rings. The van der Waals surface area contributed by atoms with Crippen LogP contribution in [0.15, 0.2) is 0 Å². The number of unbranched alkanes of at least 4 members (excludes halogenated alkanes) is 10. The van der Waals surface area contributed by atoms with Gasteiger partial charge in [-0.05, 0) is 40.3 Å². The molecule has 0 spiro atoms. The van der Waals surface area contributed by atoms with Crippen LogP contribution in [0.4, 0.5) is 0 Å². The predicted molar refractivity (Wildman–Crippen MR) is 116 cm³/mol. The van der Waals surface area contributed by atoms with Gasteiger partial charge in [-0.3, -0.25) is 0 Å². The van der Waals surface area contributed by atoms with Crippen molar-refractivity contribution in [3.8, 4) is 0 Å². The van der Waals surface area contributed by atoms with Crippen LogP contribution >= 0.6 is 24.0 Å². The fourth-order valence-electron chi connectivity index (χ4n) is 3.35. The Bertz CT molecular complexity index is 262. The van der Waals surface area contributed by atoms with Crippen molar-refractivity contribution < 1.29 is 5.11 Å². The van der Waals surface area contributed by atoms with Gasteiger partial charge in [-0.25, -0.2) is 0 Å². The van der Waals surface area contributed by atoms with Crippen LogP contribution in [0.1, 0.15) is 104 Å². The number of hydrogen-bond acceptors (Lipinski definition) is 2. The highest BCUT2D eigenvalue weighted by molar-refractivity contribution is 6.20. The fraction of sp³-hybridized carbons (Fsp3) is 1.00. The van der Waals surface area contributed by atoms with Gasteiger partial charge in [0.1, 0.15) is 0 Å². The summed E-state index contributed by atoms with van der Waals surface area (Å²) in [5.74, 6) is 0. The Balaban J connectivity index is 0. The lowest BCUT2D eigenvalue weighted by Crippen LogP contribution is -2.33. The molecular weight excluding hydrogens is 353 g/mol. The van der Waals surface area contributed by atoms with Crippen LogP contribution in [0.25, 0.3) is 0 Å². The first-order valence-electron chi connectivity index (χ1n) is 10.5. The molecule has 4 heteroatoms. The third kappa shape index (κ3) is 19.1. The van der Waals surface area contributed by atoms with E-state index < -0.39 is 0 Å². The smallest absolute Gasteiger partial charge is 0.0527 e. The maximum atomic E-state index is 9.59. The SMILES string of the molecule is CCCCCCCCCCCCCC(Cl)CC(CC(C)O)N(C)C.Cl. The highest BCUT2D eigenvalue weighted by atomic mass is 35.5. The highest BCUT2D eigenvalue weighted by Crippen LogP contribution is 2.20. The Labute approximate surface area is 169 Å². The van der Waals surface area contributed by atoms with Gasteiger partial charge in [0.2, 0.25) is 0 Å². The summed E-state index contributed by atoms with van der Waals surface area (Å²) < 4.78 is 0. The molecule has 3 atom stereocenters. The summed E-state index contributed by atoms with van der Waals surface area (Å²) in [4.78, 5) is 2.20. The second-order valence-corrected chi connectivity index (χ2v) is 8.48. The van der Waals surface area contributed by atoms with Crippen molar-refractivity contribution >= 4 is 24.0 Å². The molecule has 0 saturated heterocycles. The average Bonchev–Trinajstić information content (AvgIpc) is 2.51. The Hall–Kier alpha value is 0.500. The predicted octanol–water partition coefficient (Wildman–Crippen LogP) is 6.81. The zero-order valence-corrected chi connectivity index (χ0v) is 18.9. The minimum atomic E-state index is -0.247. The molecule has 0 aliphatic carbocycles. The topological polar surface area (TPSA) is 23.5 Å². The van der Waals surface area contributed by atoms with Crippen LogP contribution in [0.3, 0.4) is 0 Å². The third-order valence-corrected chi connectivity index (χ3v) is 5.39. The Kier molecular flexibility index (Phi) is 21.4. The number of alkyl halides is 1. The molecule has 0 radical (unpaired) electrons. The molecule has 25 heavy (non-hydrogen) atoms. The Morgan fingerprint density at radius 1 is 0.800 bits per heavy atom. The summed E-state index contributed by atoms with van der Waals surface area (Å²) >= 11 is 6.52. The van der Waals surface area contributed by atoms with E-state index in [9.17, 15) is 5.11 Å². The fourth-order valence-corrected chi connectivity index (χ4v) is 3.71. The van der Waals surface area contributed by atoms with Gasteiger partial charge in [0.25, 0.3) is 0 Å². The van der Waals surface area contributed by atoms with E-state index in [4.69, 9.17) is 11.6 Å². The third-order valence-electron chi connectivity index (χ3n) is 4.99. The summed E-state index contributed by atoms with van der Waals surface area (Å²) in [6, 6.07) is 0.389. The van der Waals surface area contributed by atoms with Crippen LogP contribution in [0.5, 0.6) is 0 Å². The normalized spacial score (nSPS) is 15.0. The number of halogens is 2. The number of aliphatic hydroxyl groups is 1. The number of aliphatic hydroxyl groups excluding tert-OH is 1. The standard InChI is InChI=1S/C21H44ClNO.ClH/c1-5-6-7-8-9-10-11-12-13-14-15-16-20(22)18-21(23(3)4)17-19(2)24;/h19-21,24H,5-18H2,1-4H3;1H. The number of rotatable bonds is 17. The molecule has 0 saturated carbocycles. The van der Waals surface area contributed by atoms with Crippen LogP contribution < -0.4 is 0 Å². The van der Waals surface area contributed by atoms with Gasteiger partial charge < -0.3 is 10.0 Å². The van der Waals surface area contributed by atoms with Crippen molar-refractivity contribution in [1.29, 1.82) is 0 Å². The van der Waals surface area contributed by atoms with E-state index in [-0.39, 0.29) is 23.9 Å². The first-order valence-corrected chi connectivity index (χ1v) is 10.9. The minimum Gasteiger partial charge on any atom is -0.393 e. The summed E-state index contributed by atoms with van der Waals surface area (Å²) in [6.07, 6.45) is 17.9. The molecule has 3 unspecified atom stereocenters. The summed E-state index contributed by atoms with van der Waals surface area (Å²) in [5.41, 5.74) is 0. The molecule has 0 bridgehead atoms. The zero-order chi connectivity index (χ0) is 18.2. The average molecular weight is 399 g/mol. The van der Waals surface area contributed by atoms with E-state index in [1.165, 1.54) is 70.6 Å². The van der Waals surface area contributed by atoms with Gasteiger partial charge in [-0.1, -0.05) is 77.6 Å². The maximum absolute atomic E-state index is 9.59. The van der Waals surface area contributed by atoms with Crippen molar-refractivity contribution in [1.82, 2.24) is 4.90 Å². The number of hydrogen-bond donors (Lipinski definition) is 1. The van der Waals surface area contributed by atoms with Crippen molar-refractivity contribution in [2.75, 3.05) is 14.1 Å². The van der Waals surface area contributed by atoms with Crippen LogP contribution in [0, 0.1) is 0 Å². The van der Waals surface area contributed by atoms with Crippen molar-refractivity contribution in [3.63, 3.8) is 0 Å². The maximum Gasteiger partial charge on any atom is 0.0527 e. The van der Waals surface area contributed by atoms with E-state index in [1.807, 2.05) is 6.92 Å². The lowest BCUT2D eigenvalue weighted by molar-refractivity contribution is 0.133. The largest absolute Gasteiger partial charge is 0.393 e. The van der Waals surface area contributed by atoms with Gasteiger partial charge in [0.15, 0.2) is 0 Å². The molecule has 1 N–H and O–H groups in total. The van der Waals surface area contributed by atoms with Crippen LogP contribution in [-0.2, 0) is 0 Å². The molecule has 0 aromatic carbocycles. The molecule has 2 nitrogen and oxygen atoms in total. The summed E-state index contributed by atoms with van der Waals surface area (Å²) in [5, 5.41) is 9.84. The van der Waals surface area contributed by atoms with Crippen molar-refractivity contribution in [2.45, 2.75) is 121 Å². The summed E-state index contributed by atoms with van der Waals surface area (Å²) in [7, 11) is 4.16. The van der Waals surface area contributed by atoms with Gasteiger partial charge in [0.05, 0.1) is 6.10 Å². The lowest BCUT2D eigenvalue weighted by Gasteiger charge is -2.27. The quantitative estimate of drug-likeness (QED) is 0.215. The van der Waals surface area contributed by atoms with Crippen LogP contribution in [0.2, 0.25) is 0 Å². The zero-order valence-electron chi connectivity index (χ0n) is 17.3. The van der Waals surface area contributed by atoms with Gasteiger partial charge in [-0.15, -0.1) is 24.0 Å². The molecule has 0 aliphatic heterocycles. The molecular formula is C21H45Cl2NO. The molecule has 0 aromatic rings. The van der Waals surface area contributed by atoms with Gasteiger partial charge in [0, 0.05) is 11.4 Å². The molecule has 0 heterocycles. The minimum absolute atomic E-state index is 0. The molecule has 0 aromatic heterocycles. The molecule has 0 fully saturated rings. The van der Waals surface area contributed by atoms with Crippen molar-refractivity contribution in [3.05, 3.63) is 0 Å². The molecule has 0 amide bonds. The Morgan fingerprint density at radius 3 is 1.64 bits per heavy atom. The first-order chi connectivity index (χ1) is 11.5. The lowest BCUT2D eigenvalue weighted by atomic mass is 10.00. The van der Waals surface area contributed by atoms with E-state index in [0.717, 1.165) is 19.3 Å². The van der Waals surface area contributed by atoms with E-state index >= 15 is 0 Å². The van der Waals surface area contributed by atoms with E-state index in [2.05, 4.69) is 25.9 Å². The first kappa shape index (κ1) is 27.7. The molecule has 0 rings (SSSR count). The monoisotopic (exact) mass is 397 g/mol. The summed E-state index contributed by atoms with van der Waals surface area (Å²) in [6.45, 7) is 4.14. The van der Waals surface area contributed by atoms with E-state index in [1.54, 1.807) is 0 Å². The van der Waals surface area contributed by atoms with Crippen LogP contribution in [-0.4, -0.2) is 41.6 Å². The molecule has 154 valence electrons. The van der Waals surface area contributed by atoms with E-state index in [0.29, 0.717) is 6.04 Å². The second-order valence-electron chi connectivity index (χ2n) is 7.86. The van der Waals surface area contributed by atoms with Crippen molar-refractivity contribution in [2.24, 2.45) is 0 Å². The second kappa shape index (κ2) is 19.3. The van der Waals surface area contributed by atoms with Gasteiger partial charge >= 0.3 is 0 Å². The highest BCUT2D eigenvalue weighted by Gasteiger charge is 2.18.